The Morgan fingerprint density at radius 3 is 2.33 bits per heavy atom. The van der Waals surface area contributed by atoms with E-state index in [1.54, 1.807) is 36.4 Å². The quantitative estimate of drug-likeness (QED) is 0.407. The topological polar surface area (TPSA) is 83.1 Å². The van der Waals surface area contributed by atoms with Crippen molar-refractivity contribution in [2.24, 2.45) is 0 Å². The van der Waals surface area contributed by atoms with Crippen molar-refractivity contribution in [3.05, 3.63) is 48.0 Å². The Hall–Kier alpha value is -3.22. The Labute approximate surface area is 177 Å². The maximum Gasteiger partial charge on any atom is 0.338 e. The average Bonchev–Trinajstić information content (AvgIpc) is 2.75. The van der Waals surface area contributed by atoms with Crippen molar-refractivity contribution >= 4 is 17.6 Å². The van der Waals surface area contributed by atoms with E-state index in [0.29, 0.717) is 42.8 Å². The van der Waals surface area contributed by atoms with Gasteiger partial charge in [0.1, 0.15) is 5.75 Å². The third-order valence-electron chi connectivity index (χ3n) is 4.03. The first kappa shape index (κ1) is 23.1. The minimum absolute atomic E-state index is 0.281. The monoisotopic (exact) mass is 415 g/mol. The number of amides is 1. The van der Waals surface area contributed by atoms with E-state index in [-0.39, 0.29) is 5.56 Å². The lowest BCUT2D eigenvalue weighted by Gasteiger charge is -2.13. The molecule has 0 radical (unpaired) electrons. The molecule has 0 saturated carbocycles. The number of carbonyl (C=O) groups is 2. The largest absolute Gasteiger partial charge is 0.492 e. The molecule has 0 fully saturated rings. The fourth-order valence-electron chi connectivity index (χ4n) is 2.60. The van der Waals surface area contributed by atoms with E-state index in [0.717, 1.165) is 12.8 Å². The fourth-order valence-corrected chi connectivity index (χ4v) is 2.60. The second-order valence-electron chi connectivity index (χ2n) is 6.35. The van der Waals surface area contributed by atoms with E-state index in [1.165, 1.54) is 0 Å². The van der Waals surface area contributed by atoms with E-state index in [9.17, 15) is 9.59 Å². The molecule has 0 aliphatic heterocycles. The highest BCUT2D eigenvalue weighted by Crippen LogP contribution is 2.29. The number of esters is 1. The zero-order chi connectivity index (χ0) is 21.8. The summed E-state index contributed by atoms with van der Waals surface area (Å²) >= 11 is 0. The van der Waals surface area contributed by atoms with Gasteiger partial charge in [-0.1, -0.05) is 25.5 Å². The summed E-state index contributed by atoms with van der Waals surface area (Å²) in [6.07, 6.45) is 1.95. The van der Waals surface area contributed by atoms with Crippen molar-refractivity contribution in [3.8, 4) is 17.2 Å². The molecule has 0 aliphatic rings. The second kappa shape index (κ2) is 12.4. The van der Waals surface area contributed by atoms with Crippen molar-refractivity contribution in [2.75, 3.05) is 31.7 Å². The second-order valence-corrected chi connectivity index (χ2v) is 6.35. The van der Waals surface area contributed by atoms with Crippen molar-refractivity contribution in [3.63, 3.8) is 0 Å². The van der Waals surface area contributed by atoms with Crippen LogP contribution in [-0.2, 0) is 9.53 Å². The van der Waals surface area contributed by atoms with Crippen molar-refractivity contribution in [2.45, 2.75) is 33.6 Å². The molecule has 2 aromatic carbocycles. The molecule has 0 spiro atoms. The predicted molar refractivity (Wildman–Crippen MR) is 115 cm³/mol. The molecule has 1 amide bonds. The summed E-state index contributed by atoms with van der Waals surface area (Å²) in [6, 6.07) is 11.9. The molecule has 1 N–H and O–H groups in total. The summed E-state index contributed by atoms with van der Waals surface area (Å²) in [7, 11) is 0. The third-order valence-corrected chi connectivity index (χ3v) is 4.03. The standard InChI is InChI=1S/C23H29NO6/c1-4-7-14-29-20-13-12-17(15-21(20)28-6-3)23(26)30-16-22(25)24-18-10-8-9-11-19(18)27-5-2/h8-13,15H,4-7,14,16H2,1-3H3,(H,24,25). The molecule has 0 unspecified atom stereocenters. The number of rotatable bonds is 12. The first-order valence-electron chi connectivity index (χ1n) is 10.2. The minimum Gasteiger partial charge on any atom is -0.492 e. The van der Waals surface area contributed by atoms with Crippen molar-refractivity contribution in [1.82, 2.24) is 0 Å². The number of hydrogen-bond donors (Lipinski definition) is 1. The number of carbonyl (C=O) groups excluding carboxylic acids is 2. The van der Waals surface area contributed by atoms with Crippen LogP contribution in [0.5, 0.6) is 17.2 Å². The Bertz CT molecular complexity index is 836. The Morgan fingerprint density at radius 2 is 1.60 bits per heavy atom. The summed E-state index contributed by atoms with van der Waals surface area (Å²) in [5.41, 5.74) is 0.802. The summed E-state index contributed by atoms with van der Waals surface area (Å²) in [5, 5.41) is 2.69. The van der Waals surface area contributed by atoms with Crippen LogP contribution in [0.2, 0.25) is 0 Å². The van der Waals surface area contributed by atoms with E-state index in [1.807, 2.05) is 19.9 Å². The molecule has 0 saturated heterocycles. The summed E-state index contributed by atoms with van der Waals surface area (Å²) < 4.78 is 21.9. The van der Waals surface area contributed by atoms with Gasteiger partial charge in [0.25, 0.3) is 5.91 Å². The van der Waals surface area contributed by atoms with Gasteiger partial charge in [0, 0.05) is 0 Å². The average molecular weight is 415 g/mol. The van der Waals surface area contributed by atoms with Crippen molar-refractivity contribution in [1.29, 1.82) is 0 Å². The highest BCUT2D eigenvalue weighted by molar-refractivity contribution is 5.96. The van der Waals surface area contributed by atoms with Crippen LogP contribution in [0.1, 0.15) is 44.0 Å². The van der Waals surface area contributed by atoms with E-state index in [2.05, 4.69) is 12.2 Å². The van der Waals surface area contributed by atoms with Crippen LogP contribution in [-0.4, -0.2) is 38.3 Å². The fraction of sp³-hybridized carbons (Fsp3) is 0.391. The maximum absolute atomic E-state index is 12.4. The number of para-hydroxylation sites is 2. The molecule has 7 nitrogen and oxygen atoms in total. The highest BCUT2D eigenvalue weighted by atomic mass is 16.5. The van der Waals surface area contributed by atoms with Gasteiger partial charge in [-0.3, -0.25) is 4.79 Å². The molecule has 0 aromatic heterocycles. The van der Waals surface area contributed by atoms with Gasteiger partial charge in [0.05, 0.1) is 31.1 Å². The number of nitrogens with one attached hydrogen (secondary N) is 1. The van der Waals surface area contributed by atoms with Crippen LogP contribution >= 0.6 is 0 Å². The van der Waals surface area contributed by atoms with Gasteiger partial charge in [-0.05, 0) is 50.6 Å². The number of unbranched alkanes of at least 4 members (excludes halogenated alkanes) is 1. The molecule has 30 heavy (non-hydrogen) atoms. The van der Waals surface area contributed by atoms with E-state index in [4.69, 9.17) is 18.9 Å². The first-order chi connectivity index (χ1) is 14.6. The Balaban J connectivity index is 1.96. The smallest absolute Gasteiger partial charge is 0.338 e. The zero-order valence-corrected chi connectivity index (χ0v) is 17.7. The minimum atomic E-state index is -0.621. The maximum atomic E-state index is 12.4. The first-order valence-corrected chi connectivity index (χ1v) is 10.2. The highest BCUT2D eigenvalue weighted by Gasteiger charge is 2.15. The number of ether oxygens (including phenoxy) is 4. The molecular formula is C23H29NO6. The molecule has 0 heterocycles. The normalized spacial score (nSPS) is 10.2. The third kappa shape index (κ3) is 6.99. The predicted octanol–water partition coefficient (Wildman–Crippen LogP) is 4.46. The van der Waals surface area contributed by atoms with Crippen LogP contribution in [0.25, 0.3) is 0 Å². The molecule has 0 bridgehead atoms. The van der Waals surface area contributed by atoms with Crippen LogP contribution in [0.4, 0.5) is 5.69 Å². The molecule has 162 valence electrons. The van der Waals surface area contributed by atoms with Crippen LogP contribution < -0.4 is 19.5 Å². The van der Waals surface area contributed by atoms with Gasteiger partial charge in [0.15, 0.2) is 18.1 Å². The molecule has 0 aliphatic carbocycles. The van der Waals surface area contributed by atoms with Crippen LogP contribution in [0.3, 0.4) is 0 Å². The van der Waals surface area contributed by atoms with E-state index >= 15 is 0 Å². The summed E-state index contributed by atoms with van der Waals surface area (Å²) in [5.74, 6) is 0.523. The summed E-state index contributed by atoms with van der Waals surface area (Å²) in [6.45, 7) is 6.86. The lowest BCUT2D eigenvalue weighted by molar-refractivity contribution is -0.119. The molecular weight excluding hydrogens is 386 g/mol. The van der Waals surface area contributed by atoms with Gasteiger partial charge >= 0.3 is 5.97 Å². The summed E-state index contributed by atoms with van der Waals surface area (Å²) in [4.78, 5) is 24.6. The van der Waals surface area contributed by atoms with Crippen molar-refractivity contribution < 1.29 is 28.5 Å². The Morgan fingerprint density at radius 1 is 0.867 bits per heavy atom. The molecule has 2 aromatic rings. The van der Waals surface area contributed by atoms with Gasteiger partial charge in [-0.15, -0.1) is 0 Å². The lowest BCUT2D eigenvalue weighted by atomic mass is 10.2. The number of benzene rings is 2. The molecule has 0 atom stereocenters. The molecule has 2 rings (SSSR count). The number of anilines is 1. The molecule has 7 heteroatoms. The lowest BCUT2D eigenvalue weighted by Crippen LogP contribution is -2.21. The number of hydrogen-bond acceptors (Lipinski definition) is 6. The SMILES string of the molecule is CCCCOc1ccc(C(=O)OCC(=O)Nc2ccccc2OCC)cc1OCC. The van der Waals surface area contributed by atoms with Gasteiger partial charge < -0.3 is 24.3 Å². The van der Waals surface area contributed by atoms with E-state index < -0.39 is 18.5 Å². The van der Waals surface area contributed by atoms with Gasteiger partial charge in [0.2, 0.25) is 0 Å². The van der Waals surface area contributed by atoms with Gasteiger partial charge in [-0.25, -0.2) is 4.79 Å². The van der Waals surface area contributed by atoms with Gasteiger partial charge in [-0.2, -0.15) is 0 Å². The Kier molecular flexibility index (Phi) is 9.51. The van der Waals surface area contributed by atoms with Crippen LogP contribution in [0, 0.1) is 0 Å². The zero-order valence-electron chi connectivity index (χ0n) is 17.7. The van der Waals surface area contributed by atoms with Crippen LogP contribution in [0.15, 0.2) is 42.5 Å².